The van der Waals surface area contributed by atoms with E-state index in [9.17, 15) is 8.42 Å². The summed E-state index contributed by atoms with van der Waals surface area (Å²) in [6.45, 7) is 3.58. The number of anilines is 1. The number of nitrogens with one attached hydrogen (secondary N) is 1. The average molecular weight is 477 g/mol. The molecule has 4 aromatic rings. The van der Waals surface area contributed by atoms with Crippen LogP contribution in [-0.2, 0) is 10.0 Å². The van der Waals surface area contributed by atoms with E-state index < -0.39 is 10.0 Å². The van der Waals surface area contributed by atoms with Crippen molar-refractivity contribution in [2.24, 2.45) is 0 Å². The van der Waals surface area contributed by atoms with Crippen LogP contribution in [-0.4, -0.2) is 20.5 Å². The minimum Gasteiger partial charge on any atom is -0.496 e. The number of hydrogen-bond donors (Lipinski definition) is 1. The lowest BCUT2D eigenvalue weighted by Crippen LogP contribution is -2.15. The van der Waals surface area contributed by atoms with Gasteiger partial charge in [0.1, 0.15) is 5.75 Å². The molecule has 5 nitrogen and oxygen atoms in total. The molecule has 0 saturated carbocycles. The molecule has 0 saturated heterocycles. The average Bonchev–Trinajstić information content (AvgIpc) is 2.80. The molecule has 0 bridgehead atoms. The Balaban J connectivity index is 1.75. The van der Waals surface area contributed by atoms with Crippen LogP contribution in [0.3, 0.4) is 0 Å². The van der Waals surface area contributed by atoms with Crippen molar-refractivity contribution >= 4 is 38.1 Å². The van der Waals surface area contributed by atoms with E-state index in [0.717, 1.165) is 21.9 Å². The van der Waals surface area contributed by atoms with E-state index in [1.54, 1.807) is 50.7 Å². The van der Waals surface area contributed by atoms with Gasteiger partial charge in [-0.15, -0.1) is 0 Å². The van der Waals surface area contributed by atoms with E-state index in [1.807, 2.05) is 31.2 Å². The van der Waals surface area contributed by atoms with Gasteiger partial charge in [-0.3, -0.25) is 9.71 Å². The van der Waals surface area contributed by atoms with Gasteiger partial charge in [-0.25, -0.2) is 8.42 Å². The molecule has 0 aliphatic heterocycles. The maximum absolute atomic E-state index is 13.2. The van der Waals surface area contributed by atoms with Gasteiger partial charge in [-0.2, -0.15) is 0 Å². The van der Waals surface area contributed by atoms with Crippen LogP contribution in [0.15, 0.2) is 71.9 Å². The second kappa shape index (κ2) is 9.14. The van der Waals surface area contributed by atoms with E-state index >= 15 is 0 Å². The zero-order valence-corrected chi connectivity index (χ0v) is 19.9. The molecule has 0 aliphatic rings. The Kier molecular flexibility index (Phi) is 6.28. The molecule has 0 atom stereocenters. The molecule has 1 heterocycles. The smallest absolute Gasteiger partial charge is 0.262 e. The SMILES string of the molecule is COc1ccc(S(=O)(=O)Nc2ccc(Cl)cc2C#Cc2cncc3ccccc23)c(C)c1C. The highest BCUT2D eigenvalue weighted by Gasteiger charge is 2.20. The number of rotatable bonds is 4. The Morgan fingerprint density at radius 3 is 2.48 bits per heavy atom. The molecular formula is C26H21ClN2O3S. The van der Waals surface area contributed by atoms with Crippen molar-refractivity contribution < 1.29 is 13.2 Å². The van der Waals surface area contributed by atoms with Crippen LogP contribution in [0.4, 0.5) is 5.69 Å². The number of benzene rings is 3. The number of ether oxygens (including phenoxy) is 1. The number of hydrogen-bond acceptors (Lipinski definition) is 4. The Morgan fingerprint density at radius 1 is 0.939 bits per heavy atom. The monoisotopic (exact) mass is 476 g/mol. The van der Waals surface area contributed by atoms with E-state index in [2.05, 4.69) is 21.5 Å². The van der Waals surface area contributed by atoms with Gasteiger partial charge in [-0.05, 0) is 55.3 Å². The number of methoxy groups -OCH3 is 1. The topological polar surface area (TPSA) is 68.3 Å². The van der Waals surface area contributed by atoms with Gasteiger partial charge in [0.25, 0.3) is 10.0 Å². The lowest BCUT2D eigenvalue weighted by Gasteiger charge is -2.15. The molecule has 0 aliphatic carbocycles. The maximum Gasteiger partial charge on any atom is 0.262 e. The van der Waals surface area contributed by atoms with Crippen LogP contribution >= 0.6 is 11.6 Å². The minimum absolute atomic E-state index is 0.174. The maximum atomic E-state index is 13.2. The van der Waals surface area contributed by atoms with E-state index in [4.69, 9.17) is 16.3 Å². The third-order valence-corrected chi connectivity index (χ3v) is 7.17. The zero-order chi connectivity index (χ0) is 23.6. The quantitative estimate of drug-likeness (QED) is 0.383. The van der Waals surface area contributed by atoms with Crippen molar-refractivity contribution in [2.45, 2.75) is 18.7 Å². The molecule has 0 radical (unpaired) electrons. The van der Waals surface area contributed by atoms with Crippen molar-refractivity contribution in [3.8, 4) is 17.6 Å². The van der Waals surface area contributed by atoms with Gasteiger partial charge < -0.3 is 4.74 Å². The fourth-order valence-corrected chi connectivity index (χ4v) is 5.10. The Labute approximate surface area is 198 Å². The highest BCUT2D eigenvalue weighted by Crippen LogP contribution is 2.29. The number of fused-ring (bicyclic) bond motifs is 1. The number of halogens is 1. The largest absolute Gasteiger partial charge is 0.496 e. The van der Waals surface area contributed by atoms with Crippen LogP contribution < -0.4 is 9.46 Å². The fraction of sp³-hybridized carbons (Fsp3) is 0.115. The molecule has 4 rings (SSSR count). The fourth-order valence-electron chi connectivity index (χ4n) is 3.54. The minimum atomic E-state index is -3.87. The summed E-state index contributed by atoms with van der Waals surface area (Å²) >= 11 is 6.19. The Morgan fingerprint density at radius 2 is 1.70 bits per heavy atom. The Bertz CT molecular complexity index is 1530. The van der Waals surface area contributed by atoms with Crippen LogP contribution in [0, 0.1) is 25.7 Å². The van der Waals surface area contributed by atoms with Gasteiger partial charge in [0, 0.05) is 28.2 Å². The van der Waals surface area contributed by atoms with Crippen LogP contribution in [0.1, 0.15) is 22.3 Å². The molecular weight excluding hydrogens is 456 g/mol. The first-order valence-electron chi connectivity index (χ1n) is 10.1. The summed E-state index contributed by atoms with van der Waals surface area (Å²) in [5.41, 5.74) is 2.92. The summed E-state index contributed by atoms with van der Waals surface area (Å²) < 4.78 is 34.4. The standard InChI is InChI=1S/C26H21ClN2O3S/c1-17-18(2)26(13-12-25(17)32-3)33(30,31)29-24-11-10-22(27)14-19(24)8-9-21-16-28-15-20-6-4-5-7-23(20)21/h4-7,10-16,29H,1-3H3. The summed E-state index contributed by atoms with van der Waals surface area (Å²) in [6.07, 6.45) is 3.46. The Hall–Kier alpha value is -3.53. The van der Waals surface area contributed by atoms with Gasteiger partial charge in [0.15, 0.2) is 0 Å². The summed E-state index contributed by atoms with van der Waals surface area (Å²) in [5, 5.41) is 2.39. The van der Waals surface area contributed by atoms with Gasteiger partial charge in [-0.1, -0.05) is 47.7 Å². The molecule has 1 N–H and O–H groups in total. The summed E-state index contributed by atoms with van der Waals surface area (Å²) in [7, 11) is -2.32. The van der Waals surface area contributed by atoms with E-state index in [1.165, 1.54) is 6.07 Å². The van der Waals surface area contributed by atoms with Crippen molar-refractivity contribution in [1.29, 1.82) is 0 Å². The normalized spacial score (nSPS) is 11.0. The molecule has 0 spiro atoms. The molecule has 3 aromatic carbocycles. The summed E-state index contributed by atoms with van der Waals surface area (Å²) in [4.78, 5) is 4.42. The number of nitrogens with zero attached hydrogens (tertiary/aromatic N) is 1. The molecule has 7 heteroatoms. The van der Waals surface area contributed by atoms with E-state index in [-0.39, 0.29) is 4.90 Å². The molecule has 0 unspecified atom stereocenters. The van der Waals surface area contributed by atoms with Crippen molar-refractivity contribution in [1.82, 2.24) is 4.98 Å². The van der Waals surface area contributed by atoms with E-state index in [0.29, 0.717) is 27.6 Å². The number of pyridine rings is 1. The molecule has 33 heavy (non-hydrogen) atoms. The lowest BCUT2D eigenvalue weighted by molar-refractivity contribution is 0.411. The van der Waals surface area contributed by atoms with Crippen molar-refractivity contribution in [3.05, 3.63) is 94.3 Å². The van der Waals surface area contributed by atoms with Crippen LogP contribution in [0.2, 0.25) is 5.02 Å². The van der Waals surface area contributed by atoms with Crippen LogP contribution in [0.5, 0.6) is 5.75 Å². The number of sulfonamides is 1. The first-order valence-corrected chi connectivity index (χ1v) is 12.0. The zero-order valence-electron chi connectivity index (χ0n) is 18.3. The van der Waals surface area contributed by atoms with Gasteiger partial charge in [0.2, 0.25) is 0 Å². The third-order valence-electron chi connectivity index (χ3n) is 5.42. The predicted octanol–water partition coefficient (Wildman–Crippen LogP) is 5.71. The second-order valence-corrected chi connectivity index (χ2v) is 9.56. The first-order chi connectivity index (χ1) is 15.8. The summed E-state index contributed by atoms with van der Waals surface area (Å²) in [6, 6.07) is 15.9. The predicted molar refractivity (Wildman–Crippen MR) is 132 cm³/mol. The molecule has 0 fully saturated rings. The third kappa shape index (κ3) is 4.65. The number of aromatic nitrogens is 1. The highest BCUT2D eigenvalue weighted by atomic mass is 35.5. The molecule has 166 valence electrons. The van der Waals surface area contributed by atoms with Gasteiger partial charge >= 0.3 is 0 Å². The molecule has 0 amide bonds. The van der Waals surface area contributed by atoms with Crippen LogP contribution in [0.25, 0.3) is 10.8 Å². The second-order valence-electron chi connectivity index (χ2n) is 7.47. The first kappa shape index (κ1) is 22.7. The van der Waals surface area contributed by atoms with Gasteiger partial charge in [0.05, 0.1) is 28.8 Å². The summed E-state index contributed by atoms with van der Waals surface area (Å²) in [5.74, 6) is 6.80. The van der Waals surface area contributed by atoms with Crippen molar-refractivity contribution in [2.75, 3.05) is 11.8 Å². The highest BCUT2D eigenvalue weighted by molar-refractivity contribution is 7.92. The molecule has 1 aromatic heterocycles. The lowest BCUT2D eigenvalue weighted by atomic mass is 10.1. The van der Waals surface area contributed by atoms with Crippen molar-refractivity contribution in [3.63, 3.8) is 0 Å².